The smallest absolute Gasteiger partial charge is 0.261 e. The van der Waals surface area contributed by atoms with E-state index in [2.05, 4.69) is 20.4 Å². The first-order valence-electron chi connectivity index (χ1n) is 12.9. The van der Waals surface area contributed by atoms with Crippen molar-refractivity contribution in [2.24, 2.45) is 0 Å². The summed E-state index contributed by atoms with van der Waals surface area (Å²) in [7, 11) is 0. The number of anilines is 1. The molecule has 1 aromatic carbocycles. The van der Waals surface area contributed by atoms with E-state index in [-0.39, 0.29) is 12.8 Å². The van der Waals surface area contributed by atoms with Gasteiger partial charge in [0.15, 0.2) is 0 Å². The van der Waals surface area contributed by atoms with E-state index in [1.54, 1.807) is 19.2 Å². The van der Waals surface area contributed by atoms with Gasteiger partial charge in [-0.3, -0.25) is 34.3 Å². The summed E-state index contributed by atoms with van der Waals surface area (Å²) in [6, 6.07) is 4.50. The van der Waals surface area contributed by atoms with Gasteiger partial charge in [-0.15, -0.1) is 0 Å². The van der Waals surface area contributed by atoms with Gasteiger partial charge in [-0.1, -0.05) is 6.07 Å². The van der Waals surface area contributed by atoms with Crippen LogP contribution in [0.1, 0.15) is 48.0 Å². The lowest BCUT2D eigenvalue weighted by Crippen LogP contribution is -2.54. The highest BCUT2D eigenvalue weighted by atomic mass is 16.2. The van der Waals surface area contributed by atoms with Crippen LogP contribution in [-0.4, -0.2) is 90.7 Å². The van der Waals surface area contributed by atoms with Crippen LogP contribution in [0, 0.1) is 12.3 Å². The Morgan fingerprint density at radius 3 is 2.53 bits per heavy atom. The molecule has 3 fully saturated rings. The standard InChI is InChI=1S/C27H34N6O5/c1-19-3-4-21(13-22(19)26(38)33(18-35)23-5-6-24(36)30-25(23)37)32-11-9-31(10-12-32)16-20(14-28)15-29-27(17-34)7-2-8-27/h3-4,13-15,17-18,23,28-29H,2,5-12,16H2,1H3,(H,30,36,37)/b20-15+,28-14?. The number of aryl methyl sites for hydroxylation is 1. The molecule has 0 radical (unpaired) electrons. The predicted octanol–water partition coefficient (Wildman–Crippen LogP) is 0.765. The normalized spacial score (nSPS) is 21.7. The molecule has 0 spiro atoms. The maximum atomic E-state index is 13.3. The molecule has 2 saturated heterocycles. The lowest BCUT2D eigenvalue weighted by Gasteiger charge is -2.38. The highest BCUT2D eigenvalue weighted by Gasteiger charge is 2.36. The molecule has 0 aromatic heterocycles. The Hall–Kier alpha value is -3.86. The topological polar surface area (TPSA) is 143 Å². The number of imide groups is 2. The van der Waals surface area contributed by atoms with Crippen LogP contribution in [0.15, 0.2) is 30.0 Å². The molecule has 0 bridgehead atoms. The van der Waals surface area contributed by atoms with E-state index in [4.69, 9.17) is 5.41 Å². The Balaban J connectivity index is 1.39. The lowest BCUT2D eigenvalue weighted by atomic mass is 9.78. The van der Waals surface area contributed by atoms with Crippen molar-refractivity contribution in [2.45, 2.75) is 50.6 Å². The van der Waals surface area contributed by atoms with E-state index >= 15 is 0 Å². The molecule has 4 amide bonds. The van der Waals surface area contributed by atoms with Gasteiger partial charge >= 0.3 is 0 Å². The van der Waals surface area contributed by atoms with Crippen molar-refractivity contribution >= 4 is 42.3 Å². The van der Waals surface area contributed by atoms with E-state index in [0.29, 0.717) is 37.2 Å². The van der Waals surface area contributed by atoms with Gasteiger partial charge in [0.1, 0.15) is 12.3 Å². The number of piperidine rings is 1. The van der Waals surface area contributed by atoms with E-state index < -0.39 is 29.3 Å². The number of hydrogen-bond donors (Lipinski definition) is 3. The number of amides is 4. The van der Waals surface area contributed by atoms with E-state index in [9.17, 15) is 24.0 Å². The number of nitrogens with one attached hydrogen (secondary N) is 3. The van der Waals surface area contributed by atoms with Crippen LogP contribution in [0.2, 0.25) is 0 Å². The molecule has 3 N–H and O–H groups in total. The third-order valence-corrected chi connectivity index (χ3v) is 7.69. The molecule has 4 rings (SSSR count). The summed E-state index contributed by atoms with van der Waals surface area (Å²) in [5, 5.41) is 13.2. The van der Waals surface area contributed by atoms with Crippen molar-refractivity contribution < 1.29 is 24.0 Å². The molecule has 1 atom stereocenters. The van der Waals surface area contributed by atoms with Crippen molar-refractivity contribution in [1.82, 2.24) is 20.4 Å². The number of carbonyl (C=O) groups excluding carboxylic acids is 5. The van der Waals surface area contributed by atoms with E-state index in [1.165, 1.54) is 6.21 Å². The van der Waals surface area contributed by atoms with Gasteiger partial charge in [0, 0.05) is 62.8 Å². The minimum atomic E-state index is -1.01. The van der Waals surface area contributed by atoms with Gasteiger partial charge < -0.3 is 20.4 Å². The summed E-state index contributed by atoms with van der Waals surface area (Å²) in [6.45, 7) is 5.28. The van der Waals surface area contributed by atoms with Gasteiger partial charge in [-0.05, 0) is 55.9 Å². The zero-order valence-electron chi connectivity index (χ0n) is 21.6. The number of rotatable bonds is 10. The first-order chi connectivity index (χ1) is 18.3. The fourth-order valence-corrected chi connectivity index (χ4v) is 5.03. The lowest BCUT2D eigenvalue weighted by molar-refractivity contribution is -0.139. The first-order valence-corrected chi connectivity index (χ1v) is 12.9. The molecule has 1 aliphatic carbocycles. The van der Waals surface area contributed by atoms with Crippen LogP contribution >= 0.6 is 0 Å². The molecule has 1 aromatic rings. The second-order valence-corrected chi connectivity index (χ2v) is 10.2. The number of aldehydes is 1. The van der Waals surface area contributed by atoms with Crippen LogP contribution in [-0.2, 0) is 19.2 Å². The second kappa shape index (κ2) is 11.7. The van der Waals surface area contributed by atoms with E-state index in [0.717, 1.165) is 54.8 Å². The first kappa shape index (κ1) is 27.2. The van der Waals surface area contributed by atoms with Crippen LogP contribution in [0.5, 0.6) is 0 Å². The van der Waals surface area contributed by atoms with Crippen LogP contribution in [0.25, 0.3) is 0 Å². The molecule has 38 heavy (non-hydrogen) atoms. The Bertz CT molecular complexity index is 1150. The van der Waals surface area contributed by atoms with Crippen LogP contribution in [0.3, 0.4) is 0 Å². The summed E-state index contributed by atoms with van der Waals surface area (Å²) in [5.41, 5.74) is 2.18. The third-order valence-electron chi connectivity index (χ3n) is 7.69. The van der Waals surface area contributed by atoms with Crippen molar-refractivity contribution in [3.05, 3.63) is 41.1 Å². The van der Waals surface area contributed by atoms with Crippen molar-refractivity contribution in [2.75, 3.05) is 37.6 Å². The Morgan fingerprint density at radius 1 is 1.21 bits per heavy atom. The van der Waals surface area contributed by atoms with Gasteiger partial charge in [0.2, 0.25) is 18.2 Å². The SMILES string of the molecule is Cc1ccc(N2CCN(C/C(C=N)=C/NC3(C=O)CCC3)CC2)cc1C(=O)N(C=O)C1CCC(=O)NC1=O. The van der Waals surface area contributed by atoms with Crippen LogP contribution in [0.4, 0.5) is 5.69 Å². The minimum absolute atomic E-state index is 0.0697. The average Bonchev–Trinajstić information content (AvgIpc) is 2.89. The highest BCUT2D eigenvalue weighted by Crippen LogP contribution is 2.30. The molecule has 2 aliphatic heterocycles. The van der Waals surface area contributed by atoms with Gasteiger partial charge in [0.05, 0.1) is 5.54 Å². The van der Waals surface area contributed by atoms with Gasteiger partial charge in [-0.25, -0.2) is 0 Å². The molecule has 2 heterocycles. The Labute approximate surface area is 221 Å². The molecular weight excluding hydrogens is 488 g/mol. The molecular formula is C27H34N6O5. The number of benzene rings is 1. The Morgan fingerprint density at radius 2 is 1.95 bits per heavy atom. The zero-order valence-corrected chi connectivity index (χ0v) is 21.6. The Kier molecular flexibility index (Phi) is 8.35. The maximum Gasteiger partial charge on any atom is 0.261 e. The molecule has 11 heteroatoms. The largest absolute Gasteiger partial charge is 0.379 e. The fourth-order valence-electron chi connectivity index (χ4n) is 5.03. The van der Waals surface area contributed by atoms with Gasteiger partial charge in [0.25, 0.3) is 5.91 Å². The molecule has 11 nitrogen and oxygen atoms in total. The minimum Gasteiger partial charge on any atom is -0.379 e. The predicted molar refractivity (Wildman–Crippen MR) is 141 cm³/mol. The molecule has 1 saturated carbocycles. The quantitative estimate of drug-likeness (QED) is 0.232. The molecule has 1 unspecified atom stereocenters. The van der Waals surface area contributed by atoms with E-state index in [1.807, 2.05) is 12.1 Å². The van der Waals surface area contributed by atoms with Crippen molar-refractivity contribution in [3.63, 3.8) is 0 Å². The van der Waals surface area contributed by atoms with Crippen molar-refractivity contribution in [3.8, 4) is 0 Å². The number of carbonyl (C=O) groups is 5. The number of piperazine rings is 1. The van der Waals surface area contributed by atoms with Crippen LogP contribution < -0.4 is 15.5 Å². The molecule has 202 valence electrons. The summed E-state index contributed by atoms with van der Waals surface area (Å²) in [4.78, 5) is 65.5. The fraction of sp³-hybridized carbons (Fsp3) is 0.481. The zero-order chi connectivity index (χ0) is 27.3. The molecule has 3 aliphatic rings. The average molecular weight is 523 g/mol. The summed E-state index contributed by atoms with van der Waals surface area (Å²) < 4.78 is 0. The summed E-state index contributed by atoms with van der Waals surface area (Å²) in [6.07, 6.45) is 7.26. The number of hydrogen-bond acceptors (Lipinski definition) is 9. The maximum absolute atomic E-state index is 13.3. The second-order valence-electron chi connectivity index (χ2n) is 10.2. The van der Waals surface area contributed by atoms with Crippen molar-refractivity contribution in [1.29, 1.82) is 5.41 Å². The van der Waals surface area contributed by atoms with Gasteiger partial charge in [-0.2, -0.15) is 0 Å². The summed E-state index contributed by atoms with van der Waals surface area (Å²) in [5.74, 6) is -1.63. The monoisotopic (exact) mass is 522 g/mol. The highest BCUT2D eigenvalue weighted by molar-refractivity contribution is 6.07. The number of nitrogens with zero attached hydrogens (tertiary/aromatic N) is 3. The summed E-state index contributed by atoms with van der Waals surface area (Å²) >= 11 is 0. The third kappa shape index (κ3) is 5.83.